The molecule has 1 N–H and O–H groups in total. The predicted molar refractivity (Wildman–Crippen MR) is 97.9 cm³/mol. The quantitative estimate of drug-likeness (QED) is 0.696. The molecule has 1 amide bonds. The molecule has 0 atom stereocenters. The molecule has 3 aromatic rings. The highest BCUT2D eigenvalue weighted by Crippen LogP contribution is 2.29. The molecule has 0 saturated heterocycles. The normalized spacial score (nSPS) is 10.6. The van der Waals surface area contributed by atoms with Gasteiger partial charge in [-0.1, -0.05) is 6.07 Å². The average Bonchev–Trinajstić information content (AvgIpc) is 2.98. The molecule has 2 aromatic carbocycles. The van der Waals surface area contributed by atoms with Crippen LogP contribution in [-0.4, -0.2) is 25.6 Å². The summed E-state index contributed by atoms with van der Waals surface area (Å²) in [5.41, 5.74) is 2.18. The highest BCUT2D eigenvalue weighted by Gasteiger charge is 2.19. The average molecular weight is 353 g/mol. The monoisotopic (exact) mass is 353 g/mol. The first-order valence-electron chi connectivity index (χ1n) is 8.19. The van der Waals surface area contributed by atoms with Gasteiger partial charge in [0.05, 0.1) is 19.3 Å². The number of carbonyl (C=O) groups is 2. The number of fused-ring (bicyclic) bond motifs is 1. The lowest BCUT2D eigenvalue weighted by Gasteiger charge is -2.06. The molecule has 26 heavy (non-hydrogen) atoms. The van der Waals surface area contributed by atoms with Crippen molar-refractivity contribution >= 4 is 28.5 Å². The zero-order valence-electron chi connectivity index (χ0n) is 14.8. The number of anilines is 1. The van der Waals surface area contributed by atoms with E-state index in [0.717, 1.165) is 10.9 Å². The topological polar surface area (TPSA) is 77.8 Å². The number of benzene rings is 2. The second kappa shape index (κ2) is 7.31. The molecule has 0 aliphatic carbocycles. The van der Waals surface area contributed by atoms with E-state index in [2.05, 4.69) is 5.32 Å². The van der Waals surface area contributed by atoms with Crippen LogP contribution in [0.4, 0.5) is 5.69 Å². The van der Waals surface area contributed by atoms with E-state index in [1.165, 1.54) is 0 Å². The van der Waals surface area contributed by atoms with Crippen molar-refractivity contribution in [1.82, 2.24) is 0 Å². The molecule has 134 valence electrons. The number of hydrogen-bond donors (Lipinski definition) is 1. The molecule has 0 aliphatic rings. The molecule has 0 spiro atoms. The van der Waals surface area contributed by atoms with Gasteiger partial charge in [0, 0.05) is 16.6 Å². The van der Waals surface area contributed by atoms with Crippen LogP contribution in [0.5, 0.6) is 5.75 Å². The molecule has 6 nitrogen and oxygen atoms in total. The first kappa shape index (κ1) is 17.5. The summed E-state index contributed by atoms with van der Waals surface area (Å²) in [7, 11) is 1.58. The second-order valence-electron chi connectivity index (χ2n) is 5.67. The lowest BCUT2D eigenvalue weighted by atomic mass is 10.1. The Morgan fingerprint density at radius 1 is 1.15 bits per heavy atom. The lowest BCUT2D eigenvalue weighted by Crippen LogP contribution is -2.13. The van der Waals surface area contributed by atoms with Crippen LogP contribution in [0.1, 0.15) is 33.4 Å². The van der Waals surface area contributed by atoms with Crippen molar-refractivity contribution in [3.05, 3.63) is 59.4 Å². The summed E-state index contributed by atoms with van der Waals surface area (Å²) in [5.74, 6) is 0.0829. The highest BCUT2D eigenvalue weighted by molar-refractivity contribution is 6.07. The number of nitrogens with one attached hydrogen (secondary N) is 1. The smallest absolute Gasteiger partial charge is 0.338 e. The van der Waals surface area contributed by atoms with E-state index in [0.29, 0.717) is 22.6 Å². The van der Waals surface area contributed by atoms with Crippen molar-refractivity contribution in [2.45, 2.75) is 13.8 Å². The van der Waals surface area contributed by atoms with E-state index in [4.69, 9.17) is 13.9 Å². The van der Waals surface area contributed by atoms with Crippen molar-refractivity contribution in [1.29, 1.82) is 0 Å². The summed E-state index contributed by atoms with van der Waals surface area (Å²) in [6, 6.07) is 11.9. The minimum Gasteiger partial charge on any atom is -0.497 e. The summed E-state index contributed by atoms with van der Waals surface area (Å²) in [6.45, 7) is 3.84. The third-order valence-electron chi connectivity index (χ3n) is 3.98. The lowest BCUT2D eigenvalue weighted by molar-refractivity contribution is 0.0526. The number of rotatable bonds is 5. The molecule has 0 fully saturated rings. The van der Waals surface area contributed by atoms with Gasteiger partial charge in [-0.2, -0.15) is 0 Å². The predicted octanol–water partition coefficient (Wildman–Crippen LogP) is 4.18. The van der Waals surface area contributed by atoms with E-state index in [9.17, 15) is 9.59 Å². The van der Waals surface area contributed by atoms with Crippen LogP contribution in [0.3, 0.4) is 0 Å². The van der Waals surface area contributed by atoms with Crippen LogP contribution < -0.4 is 10.1 Å². The van der Waals surface area contributed by atoms with Gasteiger partial charge in [-0.25, -0.2) is 4.79 Å². The number of esters is 1. The summed E-state index contributed by atoms with van der Waals surface area (Å²) < 4.78 is 15.9. The van der Waals surface area contributed by atoms with Crippen LogP contribution in [0.25, 0.3) is 11.0 Å². The molecule has 1 aromatic heterocycles. The van der Waals surface area contributed by atoms with E-state index in [1.807, 2.05) is 13.0 Å². The molecule has 0 unspecified atom stereocenters. The third-order valence-corrected chi connectivity index (χ3v) is 3.98. The standard InChI is InChI=1S/C20H19NO5/c1-4-25-20(23)13-6-5-7-14(10-13)21-19(22)18-12(2)16-11-15(24-3)8-9-17(16)26-18/h5-11H,4H2,1-3H3,(H,21,22). The van der Waals surface area contributed by atoms with Crippen LogP contribution in [0, 0.1) is 6.92 Å². The number of ether oxygens (including phenoxy) is 2. The Kier molecular flexibility index (Phi) is 4.93. The zero-order valence-corrected chi connectivity index (χ0v) is 14.8. The van der Waals surface area contributed by atoms with Crippen LogP contribution in [0.2, 0.25) is 0 Å². The summed E-state index contributed by atoms with van der Waals surface area (Å²) in [4.78, 5) is 24.4. The Labute approximate surface area is 150 Å². The van der Waals surface area contributed by atoms with Crippen LogP contribution in [-0.2, 0) is 4.74 Å². The number of amides is 1. The Bertz CT molecular complexity index is 973. The van der Waals surface area contributed by atoms with E-state index < -0.39 is 11.9 Å². The Hall–Kier alpha value is -3.28. The van der Waals surface area contributed by atoms with Crippen molar-refractivity contribution in [2.24, 2.45) is 0 Å². The van der Waals surface area contributed by atoms with Gasteiger partial charge in [0.25, 0.3) is 5.91 Å². The van der Waals surface area contributed by atoms with Crippen molar-refractivity contribution in [3.63, 3.8) is 0 Å². The maximum atomic E-state index is 12.6. The zero-order chi connectivity index (χ0) is 18.7. The van der Waals surface area contributed by atoms with Gasteiger partial charge in [-0.15, -0.1) is 0 Å². The van der Waals surface area contributed by atoms with Gasteiger partial charge in [-0.3, -0.25) is 4.79 Å². The van der Waals surface area contributed by atoms with Gasteiger partial charge in [0.2, 0.25) is 0 Å². The number of aryl methyl sites for hydroxylation is 1. The van der Waals surface area contributed by atoms with Crippen molar-refractivity contribution < 1.29 is 23.5 Å². The minimum atomic E-state index is -0.435. The van der Waals surface area contributed by atoms with Gasteiger partial charge in [-0.05, 0) is 50.2 Å². The second-order valence-corrected chi connectivity index (χ2v) is 5.67. The highest BCUT2D eigenvalue weighted by atomic mass is 16.5. The molecular weight excluding hydrogens is 334 g/mol. The van der Waals surface area contributed by atoms with Gasteiger partial charge in [0.15, 0.2) is 5.76 Å². The van der Waals surface area contributed by atoms with Gasteiger partial charge < -0.3 is 19.2 Å². The molecule has 6 heteroatoms. The maximum absolute atomic E-state index is 12.6. The maximum Gasteiger partial charge on any atom is 0.338 e. The minimum absolute atomic E-state index is 0.217. The number of hydrogen-bond acceptors (Lipinski definition) is 5. The molecule has 0 saturated carbocycles. The number of furan rings is 1. The number of carbonyl (C=O) groups excluding carboxylic acids is 2. The van der Waals surface area contributed by atoms with Crippen LogP contribution >= 0.6 is 0 Å². The van der Waals surface area contributed by atoms with E-state index in [1.54, 1.807) is 50.4 Å². The molecule has 3 rings (SSSR count). The number of methoxy groups -OCH3 is 1. The fraction of sp³-hybridized carbons (Fsp3) is 0.200. The molecule has 0 radical (unpaired) electrons. The van der Waals surface area contributed by atoms with Gasteiger partial charge >= 0.3 is 5.97 Å². The van der Waals surface area contributed by atoms with Crippen molar-refractivity contribution in [3.8, 4) is 5.75 Å². The molecule has 0 aliphatic heterocycles. The molecule has 1 heterocycles. The van der Waals surface area contributed by atoms with Crippen LogP contribution in [0.15, 0.2) is 46.9 Å². The largest absolute Gasteiger partial charge is 0.497 e. The third kappa shape index (κ3) is 3.39. The first-order valence-corrected chi connectivity index (χ1v) is 8.19. The fourth-order valence-electron chi connectivity index (χ4n) is 2.67. The fourth-order valence-corrected chi connectivity index (χ4v) is 2.67. The Balaban J connectivity index is 1.86. The summed E-state index contributed by atoms with van der Waals surface area (Å²) >= 11 is 0. The van der Waals surface area contributed by atoms with E-state index in [-0.39, 0.29) is 12.4 Å². The molecule has 0 bridgehead atoms. The summed E-state index contributed by atoms with van der Waals surface area (Å²) in [6.07, 6.45) is 0. The molecular formula is C20H19NO5. The SMILES string of the molecule is CCOC(=O)c1cccc(NC(=O)c2oc3ccc(OC)cc3c2C)c1. The Morgan fingerprint density at radius 2 is 1.96 bits per heavy atom. The first-order chi connectivity index (χ1) is 12.5. The van der Waals surface area contributed by atoms with Crippen molar-refractivity contribution in [2.75, 3.05) is 19.0 Å². The summed E-state index contributed by atoms with van der Waals surface area (Å²) in [5, 5.41) is 3.57. The van der Waals surface area contributed by atoms with E-state index >= 15 is 0 Å². The van der Waals surface area contributed by atoms with Gasteiger partial charge in [0.1, 0.15) is 11.3 Å². The Morgan fingerprint density at radius 3 is 2.69 bits per heavy atom.